The number of hydrogen-bond acceptors (Lipinski definition) is 7. The average Bonchev–Trinajstić information content (AvgIpc) is 3.36. The Hall–Kier alpha value is -2.09. The van der Waals surface area contributed by atoms with Crippen LogP contribution in [-0.2, 0) is 0 Å². The van der Waals surface area contributed by atoms with Gasteiger partial charge in [0, 0.05) is 36.0 Å². The maximum atomic E-state index is 11.1. The Balaban J connectivity index is 0.00000192. The Kier molecular flexibility index (Phi) is 5.57. The summed E-state index contributed by atoms with van der Waals surface area (Å²) < 4.78 is 16.7. The zero-order valence-electron chi connectivity index (χ0n) is 15.6. The zero-order valence-corrected chi connectivity index (χ0v) is 17.6. The number of pyridine rings is 2. The molecular weight excluding hydrogens is 369 g/mol. The first-order chi connectivity index (χ1) is 13.2. The van der Waals surface area contributed by atoms with Crippen molar-refractivity contribution >= 4 is 0 Å². The third-order valence-electron chi connectivity index (χ3n) is 4.93. The van der Waals surface area contributed by atoms with Gasteiger partial charge >= 0.3 is 29.6 Å². The third kappa shape index (κ3) is 4.32. The van der Waals surface area contributed by atoms with Crippen LogP contribution in [0.1, 0.15) is 37.2 Å². The van der Waals surface area contributed by atoms with E-state index in [2.05, 4.69) is 21.2 Å². The van der Waals surface area contributed by atoms with Gasteiger partial charge in [0.15, 0.2) is 5.76 Å². The summed E-state index contributed by atoms with van der Waals surface area (Å²) in [6.45, 7) is 0. The van der Waals surface area contributed by atoms with E-state index in [1.54, 1.807) is 12.3 Å². The smallest absolute Gasteiger partial charge is 0.856 e. The van der Waals surface area contributed by atoms with E-state index in [0.29, 0.717) is 29.2 Å². The maximum Gasteiger partial charge on any atom is 1.00 e. The van der Waals surface area contributed by atoms with E-state index in [9.17, 15) is 5.11 Å². The molecule has 3 heterocycles. The first kappa shape index (κ1) is 19.2. The quantitative estimate of drug-likeness (QED) is 0.553. The standard InChI is InChI=1S/C20H19N3O4.Na/c24-18-10-17(27-23-18)13-1-4-19(22-11-13)26-16-7-14(8-16)12-5-6-21-20(9-12)25-15-2-3-15;/h1,4-6,9-11,14-16H,2-3,7-8H2,(H,23,24);/q;+1/p-1/t14-,16-;. The molecule has 3 aromatic rings. The Morgan fingerprint density at radius 3 is 2.46 bits per heavy atom. The van der Waals surface area contributed by atoms with Crippen LogP contribution in [0, 0.1) is 0 Å². The van der Waals surface area contributed by atoms with E-state index in [4.69, 9.17) is 14.0 Å². The first-order valence-electron chi connectivity index (χ1n) is 9.12. The summed E-state index contributed by atoms with van der Waals surface area (Å²) in [5, 5.41) is 14.4. The van der Waals surface area contributed by atoms with Crippen LogP contribution in [0.15, 0.2) is 47.2 Å². The fourth-order valence-electron chi connectivity index (χ4n) is 3.20. The summed E-state index contributed by atoms with van der Waals surface area (Å²) in [5.74, 6) is 1.77. The molecule has 0 amide bonds. The van der Waals surface area contributed by atoms with Crippen molar-refractivity contribution in [2.75, 3.05) is 0 Å². The number of rotatable bonds is 6. The van der Waals surface area contributed by atoms with Gasteiger partial charge in [-0.3, -0.25) is 0 Å². The molecule has 0 saturated heterocycles. The van der Waals surface area contributed by atoms with Crippen molar-refractivity contribution < 1.29 is 48.7 Å². The van der Waals surface area contributed by atoms with Crippen molar-refractivity contribution in [3.63, 3.8) is 0 Å². The molecule has 0 radical (unpaired) electrons. The molecule has 138 valence electrons. The largest absolute Gasteiger partial charge is 1.00 e. The van der Waals surface area contributed by atoms with Crippen molar-refractivity contribution in [2.24, 2.45) is 0 Å². The summed E-state index contributed by atoms with van der Waals surface area (Å²) in [7, 11) is 0. The minimum absolute atomic E-state index is 0. The number of nitrogens with zero attached hydrogens (tertiary/aromatic N) is 3. The van der Waals surface area contributed by atoms with Gasteiger partial charge in [-0.25, -0.2) is 9.97 Å². The van der Waals surface area contributed by atoms with E-state index < -0.39 is 5.88 Å². The average molecular weight is 387 g/mol. The molecule has 0 N–H and O–H groups in total. The summed E-state index contributed by atoms with van der Waals surface area (Å²) in [5.41, 5.74) is 1.95. The molecule has 8 heteroatoms. The molecule has 0 unspecified atom stereocenters. The van der Waals surface area contributed by atoms with Crippen LogP contribution >= 0.6 is 0 Å². The zero-order chi connectivity index (χ0) is 18.2. The number of hydrogen-bond donors (Lipinski definition) is 0. The van der Waals surface area contributed by atoms with Gasteiger partial charge in [0.25, 0.3) is 0 Å². The fourth-order valence-corrected chi connectivity index (χ4v) is 3.20. The van der Waals surface area contributed by atoms with Gasteiger partial charge < -0.3 is 19.1 Å². The molecule has 0 spiro atoms. The van der Waals surface area contributed by atoms with Gasteiger partial charge in [0.2, 0.25) is 11.8 Å². The van der Waals surface area contributed by atoms with E-state index in [1.165, 1.54) is 11.6 Å². The molecule has 2 fully saturated rings. The first-order valence-corrected chi connectivity index (χ1v) is 9.12. The van der Waals surface area contributed by atoms with Gasteiger partial charge in [0.1, 0.15) is 12.2 Å². The van der Waals surface area contributed by atoms with Crippen LogP contribution in [0.3, 0.4) is 0 Å². The summed E-state index contributed by atoms with van der Waals surface area (Å²) in [6, 6.07) is 9.03. The minimum Gasteiger partial charge on any atom is -0.856 e. The fraction of sp³-hybridized carbons (Fsp3) is 0.350. The second-order valence-corrected chi connectivity index (χ2v) is 7.07. The van der Waals surface area contributed by atoms with Gasteiger partial charge in [0.05, 0.1) is 0 Å². The van der Waals surface area contributed by atoms with Crippen LogP contribution in [-0.4, -0.2) is 27.3 Å². The molecule has 0 atom stereocenters. The Morgan fingerprint density at radius 2 is 1.79 bits per heavy atom. The monoisotopic (exact) mass is 387 g/mol. The van der Waals surface area contributed by atoms with Gasteiger partial charge in [-0.15, -0.1) is 0 Å². The molecule has 5 rings (SSSR count). The van der Waals surface area contributed by atoms with Crippen LogP contribution in [0.25, 0.3) is 11.3 Å². The van der Waals surface area contributed by atoms with Crippen molar-refractivity contribution in [1.29, 1.82) is 0 Å². The Morgan fingerprint density at radius 1 is 0.964 bits per heavy atom. The van der Waals surface area contributed by atoms with Gasteiger partial charge in [-0.2, -0.15) is 0 Å². The van der Waals surface area contributed by atoms with Crippen LogP contribution in [0.2, 0.25) is 0 Å². The van der Waals surface area contributed by atoms with E-state index in [-0.39, 0.29) is 35.7 Å². The van der Waals surface area contributed by atoms with Crippen LogP contribution < -0.4 is 44.1 Å². The van der Waals surface area contributed by atoms with Crippen LogP contribution in [0.4, 0.5) is 0 Å². The predicted molar refractivity (Wildman–Crippen MR) is 93.5 cm³/mol. The molecule has 3 aromatic heterocycles. The topological polar surface area (TPSA) is 93.3 Å². The number of aromatic nitrogens is 3. The van der Waals surface area contributed by atoms with Crippen molar-refractivity contribution in [2.45, 2.75) is 43.8 Å². The maximum absolute atomic E-state index is 11.1. The summed E-state index contributed by atoms with van der Waals surface area (Å²) >= 11 is 0. The molecule has 2 saturated carbocycles. The summed E-state index contributed by atoms with van der Waals surface area (Å²) in [6.07, 6.45) is 8.09. The molecule has 2 aliphatic rings. The second kappa shape index (κ2) is 8.11. The normalized spacial score (nSPS) is 20.7. The Bertz CT molecular complexity index is 937. The van der Waals surface area contributed by atoms with E-state index >= 15 is 0 Å². The Labute approximate surface area is 184 Å². The van der Waals surface area contributed by atoms with Crippen LogP contribution in [0.5, 0.6) is 17.6 Å². The third-order valence-corrected chi connectivity index (χ3v) is 4.93. The van der Waals surface area contributed by atoms with Crippen molar-refractivity contribution in [3.05, 3.63) is 48.3 Å². The molecule has 0 aromatic carbocycles. The molecule has 0 aliphatic heterocycles. The summed E-state index contributed by atoms with van der Waals surface area (Å²) in [4.78, 5) is 8.58. The molecule has 2 aliphatic carbocycles. The molecular formula is C20H18N3NaO4. The molecule has 7 nitrogen and oxygen atoms in total. The molecule has 0 bridgehead atoms. The van der Waals surface area contributed by atoms with Crippen molar-refractivity contribution in [1.82, 2.24) is 15.1 Å². The second-order valence-electron chi connectivity index (χ2n) is 7.07. The van der Waals surface area contributed by atoms with Crippen molar-refractivity contribution in [3.8, 4) is 29.0 Å². The van der Waals surface area contributed by atoms with E-state index in [1.807, 2.05) is 18.3 Å². The number of ether oxygens (including phenoxy) is 2. The SMILES string of the molecule is [Na+].[O-]c1cc(-c2ccc(O[C@H]3C[C@H](c4ccnc(OC5CC5)c4)C3)nc2)on1. The minimum atomic E-state index is -0.396. The predicted octanol–water partition coefficient (Wildman–Crippen LogP) is 0.0754. The molecule has 28 heavy (non-hydrogen) atoms. The van der Waals surface area contributed by atoms with E-state index in [0.717, 1.165) is 31.6 Å². The van der Waals surface area contributed by atoms with Gasteiger partial charge in [-0.1, -0.05) is 5.16 Å². The van der Waals surface area contributed by atoms with Gasteiger partial charge in [-0.05, 0) is 55.4 Å².